The van der Waals surface area contributed by atoms with Crippen molar-refractivity contribution >= 4 is 17.5 Å². The molecule has 1 fully saturated rings. The van der Waals surface area contributed by atoms with Gasteiger partial charge in [0.1, 0.15) is 17.3 Å². The van der Waals surface area contributed by atoms with Crippen LogP contribution in [0.1, 0.15) is 44.9 Å². The third kappa shape index (κ3) is 5.88. The normalized spacial score (nSPS) is 14.4. The van der Waals surface area contributed by atoms with Gasteiger partial charge in [-0.25, -0.2) is 15.4 Å². The Morgan fingerprint density at radius 2 is 1.93 bits per heavy atom. The largest absolute Gasteiger partial charge is 0.370 e. The second-order valence-electron chi connectivity index (χ2n) is 6.97. The molecular weight excluding hydrogens is 356 g/mol. The van der Waals surface area contributed by atoms with Gasteiger partial charge < -0.3 is 10.2 Å². The van der Waals surface area contributed by atoms with E-state index in [0.717, 1.165) is 36.8 Å². The highest BCUT2D eigenvalue weighted by Gasteiger charge is 2.15. The summed E-state index contributed by atoms with van der Waals surface area (Å²) in [5.74, 6) is 1.95. The molecule has 150 valence electrons. The quantitative estimate of drug-likeness (QED) is 0.365. The summed E-state index contributed by atoms with van der Waals surface area (Å²) in [7, 11) is 0. The summed E-state index contributed by atoms with van der Waals surface area (Å²) in [6, 6.07) is 7.73. The van der Waals surface area contributed by atoms with Crippen LogP contribution in [0.3, 0.4) is 0 Å². The van der Waals surface area contributed by atoms with Crippen LogP contribution in [0.2, 0.25) is 0 Å². The van der Waals surface area contributed by atoms with Crippen LogP contribution in [0.4, 0.5) is 11.6 Å². The first-order valence-corrected chi connectivity index (χ1v) is 9.98. The Kier molecular flexibility index (Phi) is 7.54. The van der Waals surface area contributed by atoms with Crippen LogP contribution in [0.5, 0.6) is 0 Å². The summed E-state index contributed by atoms with van der Waals surface area (Å²) < 4.78 is 0. The summed E-state index contributed by atoms with van der Waals surface area (Å²) in [4.78, 5) is 27.2. The molecule has 3 heterocycles. The summed E-state index contributed by atoms with van der Waals surface area (Å²) in [6.07, 6.45) is 8.43. The van der Waals surface area contributed by atoms with Crippen LogP contribution in [0, 0.1) is 0 Å². The Balaban J connectivity index is 1.72. The minimum Gasteiger partial charge on any atom is -0.370 e. The van der Waals surface area contributed by atoms with Crippen molar-refractivity contribution in [2.75, 3.05) is 29.9 Å². The predicted molar refractivity (Wildman–Crippen MR) is 108 cm³/mol. The molecule has 2 aromatic rings. The first kappa shape index (κ1) is 20.0. The van der Waals surface area contributed by atoms with Crippen LogP contribution >= 0.6 is 0 Å². The van der Waals surface area contributed by atoms with E-state index in [9.17, 15) is 4.79 Å². The molecule has 1 aliphatic rings. The van der Waals surface area contributed by atoms with E-state index in [1.807, 2.05) is 24.3 Å². The zero-order valence-electron chi connectivity index (χ0n) is 16.1. The summed E-state index contributed by atoms with van der Waals surface area (Å²) in [5.41, 5.74) is 2.41. The molecule has 1 saturated heterocycles. The Morgan fingerprint density at radius 1 is 1.11 bits per heavy atom. The Hall–Kier alpha value is -2.74. The number of aromatic nitrogens is 3. The number of amides is 1. The number of pyridine rings is 1. The second-order valence-corrected chi connectivity index (χ2v) is 6.97. The van der Waals surface area contributed by atoms with Gasteiger partial charge in [-0.2, -0.15) is 0 Å². The standard InChI is InChI=1S/C20H28N6O2/c27-19(25-28)10-4-6-12-22-17-15-18(26-13-7-1-2-8-14-26)24-20(23-17)16-9-3-5-11-21-16/h3,5,9,11,15,28H,1-2,4,6-8,10,12-14H2,(H,25,27)(H,22,23,24). The SMILES string of the molecule is O=C(CCCCNc1cc(N2CCCCCC2)nc(-c2ccccn2)n1)NO. The van der Waals surface area contributed by atoms with E-state index < -0.39 is 0 Å². The van der Waals surface area contributed by atoms with E-state index in [1.165, 1.54) is 25.7 Å². The van der Waals surface area contributed by atoms with Crippen LogP contribution in [-0.2, 0) is 4.79 Å². The van der Waals surface area contributed by atoms with E-state index in [4.69, 9.17) is 10.2 Å². The molecule has 0 atom stereocenters. The predicted octanol–water partition coefficient (Wildman–Crippen LogP) is 3.01. The van der Waals surface area contributed by atoms with Gasteiger partial charge in [-0.3, -0.25) is 15.0 Å². The number of unbranched alkanes of at least 4 members (excludes halogenated alkanes) is 1. The van der Waals surface area contributed by atoms with Crippen LogP contribution in [0.25, 0.3) is 11.5 Å². The van der Waals surface area contributed by atoms with Gasteiger partial charge in [0.25, 0.3) is 0 Å². The highest BCUT2D eigenvalue weighted by atomic mass is 16.5. The highest BCUT2D eigenvalue weighted by Crippen LogP contribution is 2.23. The maximum absolute atomic E-state index is 11.1. The number of anilines is 2. The van der Waals surface area contributed by atoms with E-state index in [1.54, 1.807) is 11.7 Å². The average molecular weight is 384 g/mol. The van der Waals surface area contributed by atoms with Gasteiger partial charge in [0.2, 0.25) is 5.91 Å². The van der Waals surface area contributed by atoms with E-state index in [0.29, 0.717) is 25.2 Å². The molecule has 8 heteroatoms. The number of carbonyl (C=O) groups excluding carboxylic acids is 1. The second kappa shape index (κ2) is 10.6. The lowest BCUT2D eigenvalue weighted by Gasteiger charge is -2.22. The monoisotopic (exact) mass is 384 g/mol. The van der Waals surface area contributed by atoms with Gasteiger partial charge in [0.05, 0.1) is 0 Å². The first-order chi connectivity index (χ1) is 13.8. The summed E-state index contributed by atoms with van der Waals surface area (Å²) in [6.45, 7) is 2.71. The molecule has 0 bridgehead atoms. The van der Waals surface area contributed by atoms with Crippen molar-refractivity contribution in [1.82, 2.24) is 20.4 Å². The Labute approximate surface area is 165 Å². The van der Waals surface area contributed by atoms with Crippen LogP contribution < -0.4 is 15.7 Å². The summed E-state index contributed by atoms with van der Waals surface area (Å²) >= 11 is 0. The van der Waals surface area contributed by atoms with Gasteiger partial charge in [-0.15, -0.1) is 0 Å². The van der Waals surface area contributed by atoms with E-state index >= 15 is 0 Å². The van der Waals surface area contributed by atoms with Crippen LogP contribution in [0.15, 0.2) is 30.5 Å². The molecular formula is C20H28N6O2. The highest BCUT2D eigenvalue weighted by molar-refractivity contribution is 5.74. The minimum atomic E-state index is -0.358. The molecule has 28 heavy (non-hydrogen) atoms. The molecule has 1 aliphatic heterocycles. The third-order valence-corrected chi connectivity index (χ3v) is 4.80. The van der Waals surface area contributed by atoms with Gasteiger partial charge in [0.15, 0.2) is 5.82 Å². The molecule has 8 nitrogen and oxygen atoms in total. The molecule has 3 N–H and O–H groups in total. The molecule has 0 aromatic carbocycles. The van der Waals surface area contributed by atoms with Gasteiger partial charge in [0, 0.05) is 38.3 Å². The lowest BCUT2D eigenvalue weighted by Crippen LogP contribution is -2.25. The van der Waals surface area contributed by atoms with E-state index in [-0.39, 0.29) is 5.91 Å². The Bertz CT molecular complexity index is 748. The van der Waals surface area contributed by atoms with Crippen molar-refractivity contribution in [3.05, 3.63) is 30.5 Å². The van der Waals surface area contributed by atoms with Crippen molar-refractivity contribution in [1.29, 1.82) is 0 Å². The zero-order valence-corrected chi connectivity index (χ0v) is 16.1. The van der Waals surface area contributed by atoms with Crippen molar-refractivity contribution in [2.24, 2.45) is 0 Å². The van der Waals surface area contributed by atoms with Crippen molar-refractivity contribution in [3.8, 4) is 11.5 Å². The third-order valence-electron chi connectivity index (χ3n) is 4.80. The van der Waals surface area contributed by atoms with E-state index in [2.05, 4.69) is 20.2 Å². The molecule has 0 saturated carbocycles. The van der Waals surface area contributed by atoms with Gasteiger partial charge in [-0.05, 0) is 37.8 Å². The molecule has 2 aromatic heterocycles. The number of hydrogen-bond acceptors (Lipinski definition) is 7. The average Bonchev–Trinajstić information content (AvgIpc) is 3.03. The zero-order chi connectivity index (χ0) is 19.6. The number of hydroxylamine groups is 1. The lowest BCUT2D eigenvalue weighted by atomic mass is 10.2. The fraction of sp³-hybridized carbons (Fsp3) is 0.500. The molecule has 0 aliphatic carbocycles. The first-order valence-electron chi connectivity index (χ1n) is 9.98. The smallest absolute Gasteiger partial charge is 0.243 e. The number of hydrogen-bond donors (Lipinski definition) is 3. The van der Waals surface area contributed by atoms with Crippen molar-refractivity contribution in [2.45, 2.75) is 44.9 Å². The van der Waals surface area contributed by atoms with Crippen LogP contribution in [-0.4, -0.2) is 45.7 Å². The lowest BCUT2D eigenvalue weighted by molar-refractivity contribution is -0.129. The maximum Gasteiger partial charge on any atom is 0.243 e. The number of nitrogens with one attached hydrogen (secondary N) is 2. The topological polar surface area (TPSA) is 103 Å². The molecule has 3 rings (SSSR count). The number of nitrogens with zero attached hydrogens (tertiary/aromatic N) is 4. The Morgan fingerprint density at radius 3 is 2.64 bits per heavy atom. The van der Waals surface area contributed by atoms with Crippen molar-refractivity contribution in [3.63, 3.8) is 0 Å². The fourth-order valence-corrected chi connectivity index (χ4v) is 3.28. The molecule has 0 unspecified atom stereocenters. The minimum absolute atomic E-state index is 0.306. The van der Waals surface area contributed by atoms with Crippen molar-refractivity contribution < 1.29 is 10.0 Å². The number of rotatable bonds is 8. The number of carbonyl (C=O) groups is 1. The molecule has 0 radical (unpaired) electrons. The van der Waals surface area contributed by atoms with Gasteiger partial charge >= 0.3 is 0 Å². The van der Waals surface area contributed by atoms with Gasteiger partial charge in [-0.1, -0.05) is 18.9 Å². The molecule has 1 amide bonds. The summed E-state index contributed by atoms with van der Waals surface area (Å²) in [5, 5.41) is 11.9. The maximum atomic E-state index is 11.1. The molecule has 0 spiro atoms. The fourth-order valence-electron chi connectivity index (χ4n) is 3.28.